The Balaban J connectivity index is 0.00000338. The van der Waals surface area contributed by atoms with Gasteiger partial charge in [-0.1, -0.05) is 28.1 Å². The molecule has 0 aliphatic rings. The highest BCUT2D eigenvalue weighted by atomic mass is 79.9. The van der Waals surface area contributed by atoms with Crippen LogP contribution >= 0.6 is 15.9 Å². The monoisotopic (exact) mass is 438 g/mol. The molecule has 6 heteroatoms. The summed E-state index contributed by atoms with van der Waals surface area (Å²) in [6.07, 6.45) is 0.798. The maximum absolute atomic E-state index is 12.1. The Morgan fingerprint density at radius 3 is 2.46 bits per heavy atom. The van der Waals surface area contributed by atoms with Gasteiger partial charge in [-0.2, -0.15) is 0 Å². The zero-order valence-electron chi connectivity index (χ0n) is 15.5. The largest absolute Gasteiger partial charge is 1.00 e. The predicted octanol–water partition coefficient (Wildman–Crippen LogP) is 1.97. The van der Waals surface area contributed by atoms with E-state index in [9.17, 15) is 4.79 Å². The SMILES string of the molecule is CCN(CC)c1ccc(NC(=O)NCCc2cccc(Br)c2)c(C)c1.[Cl-]. The molecule has 2 rings (SSSR count). The quantitative estimate of drug-likeness (QED) is 0.693. The van der Waals surface area contributed by atoms with Crippen LogP contribution in [0.5, 0.6) is 0 Å². The van der Waals surface area contributed by atoms with E-state index < -0.39 is 0 Å². The third kappa shape index (κ3) is 6.54. The molecule has 0 atom stereocenters. The molecule has 0 saturated heterocycles. The van der Waals surface area contributed by atoms with Crippen molar-refractivity contribution in [2.45, 2.75) is 27.2 Å². The average Bonchev–Trinajstić information content (AvgIpc) is 2.58. The van der Waals surface area contributed by atoms with Crippen LogP contribution in [0.3, 0.4) is 0 Å². The zero-order valence-corrected chi connectivity index (χ0v) is 17.8. The second kappa shape index (κ2) is 11.1. The fourth-order valence-electron chi connectivity index (χ4n) is 2.75. The zero-order chi connectivity index (χ0) is 18.2. The normalized spacial score (nSPS) is 10.0. The number of aryl methyl sites for hydroxylation is 1. The fourth-order valence-corrected chi connectivity index (χ4v) is 3.20. The summed E-state index contributed by atoms with van der Waals surface area (Å²) < 4.78 is 1.05. The van der Waals surface area contributed by atoms with Crippen LogP contribution in [0.25, 0.3) is 0 Å². The number of halogens is 2. The van der Waals surface area contributed by atoms with Crippen LogP contribution in [-0.2, 0) is 6.42 Å². The van der Waals surface area contributed by atoms with Crippen LogP contribution in [0.4, 0.5) is 16.2 Å². The molecule has 0 spiro atoms. The number of rotatable bonds is 7. The lowest BCUT2D eigenvalue weighted by molar-refractivity contribution is -0.00000828. The van der Waals surface area contributed by atoms with E-state index in [0.717, 1.165) is 35.2 Å². The van der Waals surface area contributed by atoms with Gasteiger partial charge in [0, 0.05) is 35.5 Å². The Bertz CT molecular complexity index is 720. The molecule has 4 nitrogen and oxygen atoms in total. The number of amides is 2. The molecule has 2 N–H and O–H groups in total. The molecule has 26 heavy (non-hydrogen) atoms. The summed E-state index contributed by atoms with van der Waals surface area (Å²) >= 11 is 3.46. The van der Waals surface area contributed by atoms with Crippen molar-refractivity contribution in [2.24, 2.45) is 0 Å². The van der Waals surface area contributed by atoms with Gasteiger partial charge >= 0.3 is 6.03 Å². The summed E-state index contributed by atoms with van der Waals surface area (Å²) in [4.78, 5) is 14.4. The number of nitrogens with zero attached hydrogens (tertiary/aromatic N) is 1. The summed E-state index contributed by atoms with van der Waals surface area (Å²) in [6, 6.07) is 14.1. The number of urea groups is 1. The smallest absolute Gasteiger partial charge is 0.319 e. The number of nitrogens with one attached hydrogen (secondary N) is 2. The summed E-state index contributed by atoms with van der Waals surface area (Å²) in [6.45, 7) is 8.84. The fraction of sp³-hybridized carbons (Fsp3) is 0.350. The molecule has 2 aromatic carbocycles. The van der Waals surface area contributed by atoms with E-state index in [-0.39, 0.29) is 18.4 Å². The molecule has 2 amide bonds. The van der Waals surface area contributed by atoms with E-state index in [2.05, 4.69) is 69.6 Å². The highest BCUT2D eigenvalue weighted by molar-refractivity contribution is 9.10. The van der Waals surface area contributed by atoms with Crippen molar-refractivity contribution in [1.82, 2.24) is 5.32 Å². The first-order valence-electron chi connectivity index (χ1n) is 8.68. The molecule has 0 heterocycles. The van der Waals surface area contributed by atoms with Gasteiger partial charge in [-0.05, 0) is 68.7 Å². The first-order valence-corrected chi connectivity index (χ1v) is 9.47. The van der Waals surface area contributed by atoms with Crippen molar-refractivity contribution in [3.63, 3.8) is 0 Å². The summed E-state index contributed by atoms with van der Waals surface area (Å²) in [7, 11) is 0. The molecule has 0 aliphatic carbocycles. The van der Waals surface area contributed by atoms with Crippen LogP contribution in [0, 0.1) is 6.92 Å². The Labute approximate surface area is 170 Å². The first-order chi connectivity index (χ1) is 12.0. The second-order valence-electron chi connectivity index (χ2n) is 5.93. The van der Waals surface area contributed by atoms with Crippen LogP contribution in [0.2, 0.25) is 0 Å². The van der Waals surface area contributed by atoms with Crippen LogP contribution in [0.15, 0.2) is 46.9 Å². The van der Waals surface area contributed by atoms with Gasteiger partial charge in [0.2, 0.25) is 0 Å². The minimum atomic E-state index is -0.173. The molecular formula is C20H26BrClN3O-. The maximum Gasteiger partial charge on any atom is 0.319 e. The average molecular weight is 440 g/mol. The molecule has 142 valence electrons. The van der Waals surface area contributed by atoms with Gasteiger partial charge in [-0.25, -0.2) is 4.79 Å². The maximum atomic E-state index is 12.1. The van der Waals surface area contributed by atoms with Crippen molar-refractivity contribution in [3.8, 4) is 0 Å². The Morgan fingerprint density at radius 2 is 1.85 bits per heavy atom. The molecular weight excluding hydrogens is 414 g/mol. The number of benzene rings is 2. The molecule has 0 fully saturated rings. The van der Waals surface area contributed by atoms with Crippen LogP contribution in [0.1, 0.15) is 25.0 Å². The van der Waals surface area contributed by atoms with E-state index in [1.54, 1.807) is 0 Å². The highest BCUT2D eigenvalue weighted by Crippen LogP contribution is 2.22. The van der Waals surface area contributed by atoms with Gasteiger partial charge in [0.25, 0.3) is 0 Å². The lowest BCUT2D eigenvalue weighted by Crippen LogP contribution is -3.00. The topological polar surface area (TPSA) is 44.4 Å². The number of carbonyl (C=O) groups is 1. The molecule has 0 radical (unpaired) electrons. The van der Waals surface area contributed by atoms with Crippen molar-refractivity contribution in [3.05, 3.63) is 58.1 Å². The predicted molar refractivity (Wildman–Crippen MR) is 110 cm³/mol. The minimum absolute atomic E-state index is 0. The molecule has 0 bridgehead atoms. The molecule has 0 unspecified atom stereocenters. The van der Waals surface area contributed by atoms with E-state index >= 15 is 0 Å². The Kier molecular flexibility index (Phi) is 9.52. The molecule has 0 saturated carbocycles. The van der Waals surface area contributed by atoms with Gasteiger partial charge in [0.05, 0.1) is 0 Å². The summed E-state index contributed by atoms with van der Waals surface area (Å²) in [5, 5.41) is 5.84. The van der Waals surface area contributed by atoms with Crippen LogP contribution < -0.4 is 27.9 Å². The third-order valence-electron chi connectivity index (χ3n) is 4.18. The highest BCUT2D eigenvalue weighted by Gasteiger charge is 2.07. The summed E-state index contributed by atoms with van der Waals surface area (Å²) in [5.41, 5.74) is 4.28. The van der Waals surface area contributed by atoms with E-state index in [4.69, 9.17) is 0 Å². The van der Waals surface area contributed by atoms with Gasteiger partial charge in [0.15, 0.2) is 0 Å². The number of anilines is 2. The number of hydrogen-bond acceptors (Lipinski definition) is 2. The lowest BCUT2D eigenvalue weighted by Gasteiger charge is -2.22. The van der Waals surface area contributed by atoms with Gasteiger partial charge in [-0.3, -0.25) is 0 Å². The van der Waals surface area contributed by atoms with Crippen LogP contribution in [-0.4, -0.2) is 25.7 Å². The first kappa shape index (κ1) is 22.3. The van der Waals surface area contributed by atoms with Crippen molar-refractivity contribution in [1.29, 1.82) is 0 Å². The van der Waals surface area contributed by atoms with E-state index in [1.165, 1.54) is 11.3 Å². The van der Waals surface area contributed by atoms with Crippen molar-refractivity contribution < 1.29 is 17.2 Å². The van der Waals surface area contributed by atoms with E-state index in [1.807, 2.05) is 25.1 Å². The number of carbonyl (C=O) groups excluding carboxylic acids is 1. The second-order valence-corrected chi connectivity index (χ2v) is 6.85. The standard InChI is InChI=1S/C20H26BrN3O.ClH/c1-4-24(5-2)18-9-10-19(15(3)13-18)23-20(25)22-12-11-16-7-6-8-17(21)14-16;/h6-10,13-14H,4-5,11-12H2,1-3H3,(H2,22,23,25);1H/p-1. The Morgan fingerprint density at radius 1 is 1.12 bits per heavy atom. The molecule has 2 aromatic rings. The van der Waals surface area contributed by atoms with Gasteiger partial charge in [-0.15, -0.1) is 0 Å². The molecule has 0 aromatic heterocycles. The molecule has 0 aliphatic heterocycles. The lowest BCUT2D eigenvalue weighted by atomic mass is 10.1. The van der Waals surface area contributed by atoms with Gasteiger partial charge < -0.3 is 27.9 Å². The van der Waals surface area contributed by atoms with E-state index in [0.29, 0.717) is 6.54 Å². The number of hydrogen-bond donors (Lipinski definition) is 2. The van der Waals surface area contributed by atoms with Crippen molar-refractivity contribution in [2.75, 3.05) is 29.9 Å². The summed E-state index contributed by atoms with van der Waals surface area (Å²) in [5.74, 6) is 0. The minimum Gasteiger partial charge on any atom is -1.00 e. The third-order valence-corrected chi connectivity index (χ3v) is 4.67. The van der Waals surface area contributed by atoms with Gasteiger partial charge in [0.1, 0.15) is 0 Å². The Hall–Kier alpha value is -1.72. The van der Waals surface area contributed by atoms with Crippen molar-refractivity contribution >= 4 is 33.3 Å².